The third-order valence-corrected chi connectivity index (χ3v) is 10.5. The van der Waals surface area contributed by atoms with Gasteiger partial charge in [0.1, 0.15) is 13.2 Å². The summed E-state index contributed by atoms with van der Waals surface area (Å²) >= 11 is 0. The molecule has 0 aromatic heterocycles. The number of ether oxygens (including phenoxy) is 10. The summed E-state index contributed by atoms with van der Waals surface area (Å²) in [6.07, 6.45) is 7.01. The van der Waals surface area contributed by atoms with Gasteiger partial charge in [-0.3, -0.25) is 19.6 Å². The predicted octanol–water partition coefficient (Wildman–Crippen LogP) is 2.49. The van der Waals surface area contributed by atoms with Gasteiger partial charge in [-0.15, -0.1) is 0 Å². The third kappa shape index (κ3) is 20.4. The number of aromatic hydroxyl groups is 2. The summed E-state index contributed by atoms with van der Waals surface area (Å²) in [4.78, 5) is 34.8. The zero-order valence-corrected chi connectivity index (χ0v) is 39.8. The Balaban J connectivity index is 0.0000104. The van der Waals surface area contributed by atoms with E-state index in [0.717, 1.165) is 25.7 Å². The maximum absolute atomic E-state index is 12.6. The average molecular weight is 1010 g/mol. The first-order valence-corrected chi connectivity index (χ1v) is 23.0. The van der Waals surface area contributed by atoms with Gasteiger partial charge in [-0.05, 0) is 37.1 Å². The van der Waals surface area contributed by atoms with Crippen LogP contribution >= 0.6 is 0 Å². The molecule has 1 heterocycles. The molecule has 0 unspecified atom stereocenters. The van der Waals surface area contributed by atoms with Crippen molar-refractivity contribution in [2.24, 2.45) is 9.98 Å². The van der Waals surface area contributed by atoms with Gasteiger partial charge in [0.15, 0.2) is 47.7 Å². The molecular formula is C48H66N4NiO16. The smallest absolute Gasteiger partial charge is 0.258 e. The van der Waals surface area contributed by atoms with Gasteiger partial charge in [0.25, 0.3) is 11.8 Å². The standard InChI is InChI=1S/C48H66N4O16.Ni/c53-31-37-11-12-38(32-54)48-47(37)67-33-43(55)49-13-15-59-17-19-61-21-23-63-25-27-65-41-9-3-5-35(45(41)57)29-51-39-7-1-2-8-40(39)52-30-36-6-4-10-42(46(36)58)66-28-26-64-24-22-62-20-18-60-16-14-50-44(56)34-68-48;/h3-6,9-12,29-30,39-40,53-54,57-58H,1-2,7-8,13-28,31-34H2,(H,49,55)(H,50,56);/t39-,40-;/m0./s1. The van der Waals surface area contributed by atoms with Crippen molar-refractivity contribution in [3.8, 4) is 34.5 Å². The fraction of sp³-hybridized carbons (Fsp3) is 0.542. The summed E-state index contributed by atoms with van der Waals surface area (Å²) in [6, 6.07) is 13.3. The molecule has 2 amide bonds. The number of carbonyl (C=O) groups excluding carboxylic acids is 2. The Hall–Kier alpha value is -5.09. The SMILES string of the molecule is O=C1COc2c(CO)ccc(CO)c2OCC(=O)NCCOCCOCCOCCOc2cccc(c2O)C=N[C@H]2CCCC[C@@H]2N=Cc2cccc(c2O)OCCOCCOCCOCCN1.[Ni]. The second-order valence-corrected chi connectivity index (χ2v) is 15.4. The molecule has 3 aromatic carbocycles. The van der Waals surface area contributed by atoms with Crippen molar-refractivity contribution < 1.29 is 93.9 Å². The first-order valence-electron chi connectivity index (χ1n) is 23.0. The number of benzene rings is 3. The van der Waals surface area contributed by atoms with Crippen LogP contribution in [0.2, 0.25) is 0 Å². The fourth-order valence-corrected chi connectivity index (χ4v) is 6.93. The largest absolute Gasteiger partial charge is 0.504 e. The minimum absolute atomic E-state index is 0. The van der Waals surface area contributed by atoms with Gasteiger partial charge in [-0.1, -0.05) is 37.1 Å². The Labute approximate surface area is 412 Å². The number of nitrogens with zero attached hydrogens (tertiary/aromatic N) is 2. The van der Waals surface area contributed by atoms with Gasteiger partial charge in [0.2, 0.25) is 0 Å². The number of aliphatic hydroxyl groups is 2. The zero-order valence-electron chi connectivity index (χ0n) is 38.8. The molecule has 4 bridgehead atoms. The number of hydrogen-bond donors (Lipinski definition) is 6. The first kappa shape index (κ1) is 56.5. The predicted molar refractivity (Wildman–Crippen MR) is 249 cm³/mol. The molecule has 5 rings (SSSR count). The summed E-state index contributed by atoms with van der Waals surface area (Å²) < 4.78 is 56.5. The van der Waals surface area contributed by atoms with Gasteiger partial charge in [0.05, 0.1) is 105 Å². The summed E-state index contributed by atoms with van der Waals surface area (Å²) in [5, 5.41) is 47.2. The van der Waals surface area contributed by atoms with Crippen molar-refractivity contribution in [3.63, 3.8) is 0 Å². The third-order valence-electron chi connectivity index (χ3n) is 10.5. The number of fused-ring (bicyclic) bond motifs is 6. The number of aliphatic imine (C=N–C) groups is 2. The molecule has 6 N–H and O–H groups in total. The van der Waals surface area contributed by atoms with E-state index in [9.17, 15) is 30.0 Å². The Morgan fingerprint density at radius 2 is 0.855 bits per heavy atom. The van der Waals surface area contributed by atoms with Crippen LogP contribution in [0.1, 0.15) is 47.9 Å². The molecule has 21 heteroatoms. The van der Waals surface area contributed by atoms with E-state index in [1.165, 1.54) is 12.1 Å². The van der Waals surface area contributed by atoms with Crippen LogP contribution in [0.25, 0.3) is 0 Å². The summed E-state index contributed by atoms with van der Waals surface area (Å²) in [5.41, 5.74) is 1.64. The van der Waals surface area contributed by atoms with E-state index in [1.54, 1.807) is 48.8 Å². The molecule has 1 aliphatic carbocycles. The molecule has 1 aliphatic heterocycles. The quantitative estimate of drug-likeness (QED) is 0.202. The van der Waals surface area contributed by atoms with E-state index >= 15 is 0 Å². The molecular weight excluding hydrogens is 947 g/mol. The van der Waals surface area contributed by atoms with Crippen LogP contribution in [0.15, 0.2) is 58.5 Å². The van der Waals surface area contributed by atoms with Crippen molar-refractivity contribution in [1.29, 1.82) is 0 Å². The van der Waals surface area contributed by atoms with E-state index in [1.807, 2.05) is 0 Å². The van der Waals surface area contributed by atoms with Crippen molar-refractivity contribution in [1.82, 2.24) is 10.6 Å². The maximum Gasteiger partial charge on any atom is 0.258 e. The number of hydrogen-bond acceptors (Lipinski definition) is 18. The Kier molecular flexibility index (Phi) is 27.4. The molecule has 0 saturated heterocycles. The van der Waals surface area contributed by atoms with Gasteiger partial charge in [-0.25, -0.2) is 0 Å². The van der Waals surface area contributed by atoms with Crippen molar-refractivity contribution in [3.05, 3.63) is 70.8 Å². The van der Waals surface area contributed by atoms with E-state index in [4.69, 9.17) is 57.4 Å². The second kappa shape index (κ2) is 33.4. The molecule has 1 fully saturated rings. The molecule has 2 atom stereocenters. The number of phenolic OH excluding ortho intramolecular Hbond substituents is 2. The van der Waals surface area contributed by atoms with Crippen molar-refractivity contribution in [2.75, 3.05) is 119 Å². The zero-order chi connectivity index (χ0) is 48.0. The summed E-state index contributed by atoms with van der Waals surface area (Å²) in [5.74, 6) is -0.281. The van der Waals surface area contributed by atoms with E-state index in [2.05, 4.69) is 10.6 Å². The number of nitrogens with one attached hydrogen (secondary N) is 2. The topological polar surface area (TPSA) is 256 Å². The molecule has 20 nitrogen and oxygen atoms in total. The Bertz CT molecular complexity index is 1890. The number of rotatable bonds is 2. The first-order chi connectivity index (χ1) is 33.4. The van der Waals surface area contributed by atoms with E-state index < -0.39 is 38.2 Å². The number of amides is 2. The molecule has 384 valence electrons. The molecule has 0 radical (unpaired) electrons. The molecule has 1 saturated carbocycles. The summed E-state index contributed by atoms with van der Waals surface area (Å²) in [7, 11) is 0. The van der Waals surface area contributed by atoms with Crippen molar-refractivity contribution in [2.45, 2.75) is 51.0 Å². The van der Waals surface area contributed by atoms with Gasteiger partial charge in [0, 0.05) is 64.3 Å². The monoisotopic (exact) mass is 1010 g/mol. The van der Waals surface area contributed by atoms with Crippen LogP contribution in [0.4, 0.5) is 0 Å². The van der Waals surface area contributed by atoms with Crippen LogP contribution < -0.4 is 29.6 Å². The van der Waals surface area contributed by atoms with Crippen LogP contribution in [0.3, 0.4) is 0 Å². The second-order valence-electron chi connectivity index (χ2n) is 15.4. The molecule has 2 aliphatic rings. The van der Waals surface area contributed by atoms with Crippen LogP contribution in [0, 0.1) is 0 Å². The Morgan fingerprint density at radius 1 is 0.493 bits per heavy atom. The van der Waals surface area contributed by atoms with Gasteiger partial charge >= 0.3 is 0 Å². The van der Waals surface area contributed by atoms with E-state index in [0.29, 0.717) is 73.4 Å². The number of phenols is 2. The van der Waals surface area contributed by atoms with Crippen LogP contribution in [-0.2, 0) is 67.7 Å². The van der Waals surface area contributed by atoms with Gasteiger partial charge in [-0.2, -0.15) is 0 Å². The van der Waals surface area contributed by atoms with E-state index in [-0.39, 0.29) is 118 Å². The molecule has 0 spiro atoms. The fourth-order valence-electron chi connectivity index (χ4n) is 6.93. The minimum atomic E-state index is -0.465. The summed E-state index contributed by atoms with van der Waals surface area (Å²) in [6.45, 7) is 2.54. The minimum Gasteiger partial charge on any atom is -0.504 e. The number of carbonyl (C=O) groups is 2. The molecule has 69 heavy (non-hydrogen) atoms. The average Bonchev–Trinajstić information content (AvgIpc) is 3.35. The number of para-hydroxylation sites is 2. The normalized spacial score (nSPS) is 20.3. The van der Waals surface area contributed by atoms with Crippen LogP contribution in [-0.4, -0.2) is 176 Å². The maximum atomic E-state index is 12.6. The molecule has 3 aromatic rings. The number of aliphatic hydroxyl groups excluding tert-OH is 2. The van der Waals surface area contributed by atoms with Crippen LogP contribution in [0.5, 0.6) is 34.5 Å². The van der Waals surface area contributed by atoms with Crippen molar-refractivity contribution >= 4 is 24.2 Å². The Morgan fingerprint density at radius 3 is 1.23 bits per heavy atom. The van der Waals surface area contributed by atoms with Gasteiger partial charge < -0.3 is 78.4 Å².